The highest BCUT2D eigenvalue weighted by Gasteiger charge is 2.18. The lowest BCUT2D eigenvalue weighted by Crippen LogP contribution is -2.07. The number of fused-ring (bicyclic) bond motifs is 1. The number of hydrogen-bond donors (Lipinski definition) is 0. The fraction of sp³-hybridized carbons (Fsp3) is 0.0952. The monoisotopic (exact) mass is 396 g/mol. The third kappa shape index (κ3) is 3.46. The predicted molar refractivity (Wildman–Crippen MR) is 103 cm³/mol. The van der Waals surface area contributed by atoms with Gasteiger partial charge in [-0.3, -0.25) is 0 Å². The number of benzene rings is 2. The number of carbonyl (C=O) groups is 1. The molecular formula is C21H14ClFN2O3. The Morgan fingerprint density at radius 2 is 1.93 bits per heavy atom. The fourth-order valence-corrected chi connectivity index (χ4v) is 3.10. The van der Waals surface area contributed by atoms with E-state index in [0.29, 0.717) is 33.5 Å². The zero-order chi connectivity index (χ0) is 19.7. The van der Waals surface area contributed by atoms with Crippen LogP contribution in [0.25, 0.3) is 22.2 Å². The average molecular weight is 397 g/mol. The van der Waals surface area contributed by atoms with Gasteiger partial charge < -0.3 is 9.26 Å². The lowest BCUT2D eigenvalue weighted by molar-refractivity contribution is 0.0466. The molecule has 0 spiro atoms. The molecule has 28 heavy (non-hydrogen) atoms. The molecule has 2 aromatic heterocycles. The number of para-hydroxylation sites is 1. The molecule has 0 amide bonds. The van der Waals surface area contributed by atoms with Gasteiger partial charge in [0.1, 0.15) is 23.3 Å². The van der Waals surface area contributed by atoms with Gasteiger partial charge in [-0.25, -0.2) is 14.2 Å². The highest BCUT2D eigenvalue weighted by molar-refractivity contribution is 6.30. The molecular weight excluding hydrogens is 383 g/mol. The lowest BCUT2D eigenvalue weighted by Gasteiger charge is -2.07. The van der Waals surface area contributed by atoms with Crippen LogP contribution in [0.5, 0.6) is 0 Å². The van der Waals surface area contributed by atoms with Crippen molar-refractivity contribution in [2.24, 2.45) is 0 Å². The Balaban J connectivity index is 1.56. The first-order valence-electron chi connectivity index (χ1n) is 8.46. The molecule has 0 atom stereocenters. The minimum absolute atomic E-state index is 0.0658. The van der Waals surface area contributed by atoms with E-state index in [4.69, 9.17) is 20.9 Å². The first-order valence-corrected chi connectivity index (χ1v) is 8.84. The van der Waals surface area contributed by atoms with E-state index in [-0.39, 0.29) is 17.6 Å². The summed E-state index contributed by atoms with van der Waals surface area (Å²) in [5, 5.41) is 4.84. The number of nitrogens with zero attached hydrogens (tertiary/aromatic N) is 2. The van der Waals surface area contributed by atoms with E-state index in [1.165, 1.54) is 18.2 Å². The van der Waals surface area contributed by atoms with Crippen LogP contribution in [-0.4, -0.2) is 16.1 Å². The van der Waals surface area contributed by atoms with Gasteiger partial charge in [0.15, 0.2) is 5.76 Å². The van der Waals surface area contributed by atoms with Crippen LogP contribution < -0.4 is 0 Å². The number of aromatic nitrogens is 2. The number of rotatable bonds is 4. The molecule has 4 aromatic rings. The number of pyridine rings is 1. The van der Waals surface area contributed by atoms with Crippen molar-refractivity contribution in [2.75, 3.05) is 0 Å². The van der Waals surface area contributed by atoms with E-state index in [0.717, 1.165) is 5.56 Å². The second-order valence-corrected chi connectivity index (χ2v) is 6.56. The van der Waals surface area contributed by atoms with Gasteiger partial charge in [0.2, 0.25) is 0 Å². The van der Waals surface area contributed by atoms with Gasteiger partial charge >= 0.3 is 5.97 Å². The Morgan fingerprint density at radius 3 is 2.71 bits per heavy atom. The molecule has 0 bridgehead atoms. The van der Waals surface area contributed by atoms with Gasteiger partial charge in [-0.1, -0.05) is 35.0 Å². The van der Waals surface area contributed by atoms with Gasteiger partial charge in [0, 0.05) is 16.5 Å². The van der Waals surface area contributed by atoms with Crippen LogP contribution >= 0.6 is 11.6 Å². The maximum Gasteiger partial charge on any atom is 0.339 e. The largest absolute Gasteiger partial charge is 0.455 e. The number of carbonyl (C=O) groups excluding carboxylic acids is 1. The molecule has 5 nitrogen and oxygen atoms in total. The minimum Gasteiger partial charge on any atom is -0.455 e. The standard InChI is InChI=1S/C21H14ClFN2O3/c1-12-18(25-28-20(12)13-6-8-14(23)9-7-13)11-27-21(26)16-10-19(22)24-17-5-3-2-4-15(16)17/h2-10H,11H2,1H3. The Hall–Kier alpha value is -3.25. The van der Waals surface area contributed by atoms with Crippen LogP contribution in [0.4, 0.5) is 4.39 Å². The minimum atomic E-state index is -0.536. The molecule has 0 radical (unpaired) electrons. The Labute approximate surface area is 164 Å². The average Bonchev–Trinajstić information content (AvgIpc) is 3.06. The van der Waals surface area contributed by atoms with Crippen molar-refractivity contribution in [2.45, 2.75) is 13.5 Å². The molecule has 0 unspecified atom stereocenters. The summed E-state index contributed by atoms with van der Waals surface area (Å²) in [7, 11) is 0. The zero-order valence-electron chi connectivity index (χ0n) is 14.8. The third-order valence-electron chi connectivity index (χ3n) is 4.37. The molecule has 2 heterocycles. The quantitative estimate of drug-likeness (QED) is 0.344. The van der Waals surface area contributed by atoms with Crippen molar-refractivity contribution >= 4 is 28.5 Å². The van der Waals surface area contributed by atoms with Crippen LogP contribution in [0.1, 0.15) is 21.6 Å². The van der Waals surface area contributed by atoms with Crippen LogP contribution in [0, 0.1) is 12.7 Å². The van der Waals surface area contributed by atoms with Gasteiger partial charge in [-0.05, 0) is 43.3 Å². The summed E-state index contributed by atoms with van der Waals surface area (Å²) in [6, 6.07) is 14.5. The Bertz CT molecular complexity index is 1170. The number of halogens is 2. The lowest BCUT2D eigenvalue weighted by atomic mass is 10.1. The summed E-state index contributed by atoms with van der Waals surface area (Å²) in [5.41, 5.74) is 2.83. The zero-order valence-corrected chi connectivity index (χ0v) is 15.5. The van der Waals surface area contributed by atoms with Crippen LogP contribution in [0.3, 0.4) is 0 Å². The topological polar surface area (TPSA) is 65.2 Å². The number of ether oxygens (including phenoxy) is 1. The predicted octanol–water partition coefficient (Wildman–Crippen LogP) is 5.35. The fourth-order valence-electron chi connectivity index (χ4n) is 2.90. The highest BCUT2D eigenvalue weighted by atomic mass is 35.5. The number of hydrogen-bond acceptors (Lipinski definition) is 5. The van der Waals surface area contributed by atoms with Crippen LogP contribution in [0.2, 0.25) is 5.15 Å². The molecule has 0 aliphatic carbocycles. The first-order chi connectivity index (χ1) is 13.5. The molecule has 0 aliphatic rings. The molecule has 0 aliphatic heterocycles. The molecule has 0 saturated carbocycles. The second kappa shape index (κ2) is 7.40. The van der Waals surface area contributed by atoms with E-state index in [1.807, 2.05) is 12.1 Å². The summed E-state index contributed by atoms with van der Waals surface area (Å²) >= 11 is 6.02. The van der Waals surface area contributed by atoms with Crippen molar-refractivity contribution in [3.05, 3.63) is 82.4 Å². The van der Waals surface area contributed by atoms with E-state index >= 15 is 0 Å². The van der Waals surface area contributed by atoms with Crippen molar-refractivity contribution in [3.63, 3.8) is 0 Å². The Kier molecular flexibility index (Phi) is 4.79. The third-order valence-corrected chi connectivity index (χ3v) is 4.57. The van der Waals surface area contributed by atoms with Gasteiger partial charge in [0.25, 0.3) is 0 Å². The van der Waals surface area contributed by atoms with E-state index < -0.39 is 5.97 Å². The Morgan fingerprint density at radius 1 is 1.18 bits per heavy atom. The van der Waals surface area contributed by atoms with Crippen LogP contribution in [-0.2, 0) is 11.3 Å². The molecule has 0 N–H and O–H groups in total. The normalized spacial score (nSPS) is 11.0. The summed E-state index contributed by atoms with van der Waals surface area (Å²) in [6.45, 7) is 1.74. The summed E-state index contributed by atoms with van der Waals surface area (Å²) in [5.74, 6) is -0.368. The van der Waals surface area contributed by atoms with Crippen molar-refractivity contribution in [3.8, 4) is 11.3 Å². The number of esters is 1. The molecule has 4 rings (SSSR count). The van der Waals surface area contributed by atoms with Crippen molar-refractivity contribution in [1.29, 1.82) is 0 Å². The maximum atomic E-state index is 13.1. The highest BCUT2D eigenvalue weighted by Crippen LogP contribution is 2.27. The van der Waals surface area contributed by atoms with E-state index in [9.17, 15) is 9.18 Å². The molecule has 2 aromatic carbocycles. The molecule has 0 saturated heterocycles. The maximum absolute atomic E-state index is 13.1. The second-order valence-electron chi connectivity index (χ2n) is 6.18. The molecule has 140 valence electrons. The summed E-state index contributed by atoms with van der Waals surface area (Å²) in [6.07, 6.45) is 0. The van der Waals surface area contributed by atoms with E-state index in [1.54, 1.807) is 31.2 Å². The van der Waals surface area contributed by atoms with Gasteiger partial charge in [-0.2, -0.15) is 0 Å². The first kappa shape index (κ1) is 18.1. The smallest absolute Gasteiger partial charge is 0.339 e. The van der Waals surface area contributed by atoms with Crippen molar-refractivity contribution in [1.82, 2.24) is 10.1 Å². The summed E-state index contributed by atoms with van der Waals surface area (Å²) < 4.78 is 23.9. The molecule has 0 fully saturated rings. The van der Waals surface area contributed by atoms with Gasteiger partial charge in [0.05, 0.1) is 11.1 Å². The van der Waals surface area contributed by atoms with E-state index in [2.05, 4.69) is 10.1 Å². The van der Waals surface area contributed by atoms with Crippen molar-refractivity contribution < 1.29 is 18.4 Å². The SMILES string of the molecule is Cc1c(COC(=O)c2cc(Cl)nc3ccccc23)noc1-c1ccc(F)cc1. The summed E-state index contributed by atoms with van der Waals surface area (Å²) in [4.78, 5) is 16.8. The van der Waals surface area contributed by atoms with Crippen LogP contribution in [0.15, 0.2) is 59.1 Å². The molecule has 7 heteroatoms. The van der Waals surface area contributed by atoms with Gasteiger partial charge in [-0.15, -0.1) is 0 Å².